The zero-order chi connectivity index (χ0) is 15.4. The fraction of sp³-hybridized carbons (Fsp3) is 0.286. The third kappa shape index (κ3) is 4.23. The van der Waals surface area contributed by atoms with Gasteiger partial charge in [-0.1, -0.05) is 23.7 Å². The molecule has 0 aliphatic carbocycles. The van der Waals surface area contributed by atoms with Crippen molar-refractivity contribution in [1.29, 1.82) is 0 Å². The molecule has 4 nitrogen and oxygen atoms in total. The van der Waals surface area contributed by atoms with Crippen molar-refractivity contribution >= 4 is 28.8 Å². The Kier molecular flexibility index (Phi) is 5.27. The lowest BCUT2D eigenvalue weighted by atomic mass is 10.1. The summed E-state index contributed by atoms with van der Waals surface area (Å²) in [6.07, 6.45) is -0.771. The van der Waals surface area contributed by atoms with Crippen LogP contribution in [0.3, 0.4) is 0 Å². The molecule has 0 spiro atoms. The van der Waals surface area contributed by atoms with Crippen LogP contribution in [-0.2, 0) is 11.2 Å². The molecule has 2 aromatic rings. The fourth-order valence-electron chi connectivity index (χ4n) is 1.72. The minimum absolute atomic E-state index is 0.348. The maximum absolute atomic E-state index is 12.8. The highest BCUT2D eigenvalue weighted by Gasteiger charge is 2.17. The van der Waals surface area contributed by atoms with Crippen molar-refractivity contribution in [3.63, 3.8) is 0 Å². The number of hydrogen-bond donors (Lipinski definition) is 2. The van der Waals surface area contributed by atoms with Crippen LogP contribution in [0.25, 0.3) is 0 Å². The summed E-state index contributed by atoms with van der Waals surface area (Å²) in [4.78, 5) is 16.0. The van der Waals surface area contributed by atoms with Crippen molar-refractivity contribution in [3.8, 4) is 0 Å². The third-order valence-electron chi connectivity index (χ3n) is 2.86. The second kappa shape index (κ2) is 6.98. The van der Waals surface area contributed by atoms with E-state index in [1.807, 2.05) is 6.92 Å². The van der Waals surface area contributed by atoms with E-state index in [2.05, 4.69) is 10.3 Å². The van der Waals surface area contributed by atoms with Crippen LogP contribution in [0.2, 0.25) is 4.34 Å². The first-order chi connectivity index (χ1) is 9.97. The summed E-state index contributed by atoms with van der Waals surface area (Å²) in [5.41, 5.74) is 1.12. The van der Waals surface area contributed by atoms with Gasteiger partial charge in [-0.2, -0.15) is 0 Å². The number of benzene rings is 1. The van der Waals surface area contributed by atoms with E-state index in [0.717, 1.165) is 10.7 Å². The highest BCUT2D eigenvalue weighted by molar-refractivity contribution is 7.16. The van der Waals surface area contributed by atoms with Gasteiger partial charge in [0.15, 0.2) is 6.10 Å². The fourth-order valence-corrected chi connectivity index (χ4v) is 2.82. The molecular weight excluding hydrogens is 315 g/mol. The lowest BCUT2D eigenvalue weighted by Crippen LogP contribution is -2.30. The second-order valence-corrected chi connectivity index (χ2v) is 6.15. The predicted octanol–water partition coefficient (Wildman–Crippen LogP) is 2.64. The predicted molar refractivity (Wildman–Crippen MR) is 79.9 cm³/mol. The normalized spacial score (nSPS) is 12.2. The Morgan fingerprint density at radius 2 is 2.14 bits per heavy atom. The molecular formula is C14H14ClFN2O2S. The van der Waals surface area contributed by atoms with E-state index in [0.29, 0.717) is 22.9 Å². The van der Waals surface area contributed by atoms with Crippen molar-refractivity contribution in [3.05, 3.63) is 50.7 Å². The van der Waals surface area contributed by atoms with Gasteiger partial charge in [0.1, 0.15) is 10.2 Å². The number of halogens is 2. The number of aryl methyl sites for hydroxylation is 1. The van der Waals surface area contributed by atoms with Crippen LogP contribution in [0.4, 0.5) is 4.39 Å². The number of aliphatic hydroxyl groups excluding tert-OH is 1. The number of amides is 1. The highest BCUT2D eigenvalue weighted by atomic mass is 35.5. The largest absolute Gasteiger partial charge is 0.378 e. The molecule has 1 atom stereocenters. The van der Waals surface area contributed by atoms with Crippen LogP contribution in [0.5, 0.6) is 0 Å². The van der Waals surface area contributed by atoms with Crippen molar-refractivity contribution in [2.75, 3.05) is 6.54 Å². The SMILES string of the molecule is Cc1nc(CCNC(=O)[C@@H](O)c2ccc(F)cc2)sc1Cl. The van der Waals surface area contributed by atoms with Gasteiger partial charge in [-0.25, -0.2) is 9.37 Å². The molecule has 1 aromatic heterocycles. The summed E-state index contributed by atoms with van der Waals surface area (Å²) in [7, 11) is 0. The molecule has 0 unspecified atom stereocenters. The molecule has 0 radical (unpaired) electrons. The number of aliphatic hydroxyl groups is 1. The summed E-state index contributed by atoms with van der Waals surface area (Å²) >= 11 is 7.28. The van der Waals surface area contributed by atoms with Gasteiger partial charge in [0.05, 0.1) is 10.7 Å². The third-order valence-corrected chi connectivity index (χ3v) is 4.37. The molecule has 0 bridgehead atoms. The van der Waals surface area contributed by atoms with Crippen molar-refractivity contribution in [2.45, 2.75) is 19.4 Å². The Balaban J connectivity index is 1.85. The topological polar surface area (TPSA) is 62.2 Å². The molecule has 1 amide bonds. The van der Waals surface area contributed by atoms with Gasteiger partial charge in [0.25, 0.3) is 5.91 Å². The number of aromatic nitrogens is 1. The highest BCUT2D eigenvalue weighted by Crippen LogP contribution is 2.23. The Bertz CT molecular complexity index is 611. The number of rotatable bonds is 5. The van der Waals surface area contributed by atoms with Crippen LogP contribution in [0.1, 0.15) is 22.4 Å². The molecule has 0 aliphatic rings. The van der Waals surface area contributed by atoms with Crippen LogP contribution >= 0.6 is 22.9 Å². The first kappa shape index (κ1) is 15.9. The van der Waals surface area contributed by atoms with Crippen LogP contribution in [0, 0.1) is 12.7 Å². The Morgan fingerprint density at radius 1 is 1.48 bits per heavy atom. The monoisotopic (exact) mass is 328 g/mol. The van der Waals surface area contributed by atoms with E-state index < -0.39 is 17.8 Å². The lowest BCUT2D eigenvalue weighted by molar-refractivity contribution is -0.129. The van der Waals surface area contributed by atoms with Gasteiger partial charge in [-0.3, -0.25) is 4.79 Å². The summed E-state index contributed by atoms with van der Waals surface area (Å²) in [6, 6.07) is 5.16. The second-order valence-electron chi connectivity index (χ2n) is 4.46. The molecule has 7 heteroatoms. The number of nitrogens with one attached hydrogen (secondary N) is 1. The van der Waals surface area contributed by atoms with Gasteiger partial charge in [0, 0.05) is 13.0 Å². The van der Waals surface area contributed by atoms with Crippen molar-refractivity contribution in [2.24, 2.45) is 0 Å². The summed E-state index contributed by atoms with van der Waals surface area (Å²) in [6.45, 7) is 2.17. The molecule has 112 valence electrons. The Hall–Kier alpha value is -1.50. The first-order valence-corrected chi connectivity index (χ1v) is 7.50. The van der Waals surface area contributed by atoms with Gasteiger partial charge in [-0.15, -0.1) is 11.3 Å². The van der Waals surface area contributed by atoms with E-state index in [1.165, 1.54) is 35.6 Å². The molecule has 2 rings (SSSR count). The molecule has 2 N–H and O–H groups in total. The molecule has 21 heavy (non-hydrogen) atoms. The van der Waals surface area contributed by atoms with E-state index in [9.17, 15) is 14.3 Å². The number of carbonyl (C=O) groups is 1. The van der Waals surface area contributed by atoms with Gasteiger partial charge < -0.3 is 10.4 Å². The number of thiazole rings is 1. The zero-order valence-electron chi connectivity index (χ0n) is 11.3. The molecule has 0 fully saturated rings. The van der Waals surface area contributed by atoms with E-state index in [-0.39, 0.29) is 0 Å². The van der Waals surface area contributed by atoms with Crippen LogP contribution < -0.4 is 5.32 Å². The quantitative estimate of drug-likeness (QED) is 0.887. The molecule has 1 heterocycles. The standard InChI is InChI=1S/C14H14ClFN2O2S/c1-8-13(15)21-11(18-8)6-7-17-14(20)12(19)9-2-4-10(16)5-3-9/h2-5,12,19H,6-7H2,1H3,(H,17,20)/t12-/m0/s1. The van der Waals surface area contributed by atoms with Crippen molar-refractivity contribution < 1.29 is 14.3 Å². The van der Waals surface area contributed by atoms with E-state index in [1.54, 1.807) is 0 Å². The average Bonchev–Trinajstić information content (AvgIpc) is 2.77. The molecule has 0 saturated carbocycles. The first-order valence-electron chi connectivity index (χ1n) is 6.30. The van der Waals surface area contributed by atoms with Gasteiger partial charge in [0.2, 0.25) is 0 Å². The van der Waals surface area contributed by atoms with Crippen molar-refractivity contribution in [1.82, 2.24) is 10.3 Å². The maximum atomic E-state index is 12.8. The van der Waals surface area contributed by atoms with Crippen LogP contribution in [-0.4, -0.2) is 22.5 Å². The average molecular weight is 329 g/mol. The summed E-state index contributed by atoms with van der Waals surface area (Å²) < 4.78 is 13.4. The summed E-state index contributed by atoms with van der Waals surface area (Å²) in [5, 5.41) is 13.3. The van der Waals surface area contributed by atoms with E-state index in [4.69, 9.17) is 11.6 Å². The number of hydrogen-bond acceptors (Lipinski definition) is 4. The van der Waals surface area contributed by atoms with Gasteiger partial charge >= 0.3 is 0 Å². The maximum Gasteiger partial charge on any atom is 0.253 e. The molecule has 0 aliphatic heterocycles. The molecule has 0 saturated heterocycles. The smallest absolute Gasteiger partial charge is 0.253 e. The Labute approximate surface area is 130 Å². The lowest BCUT2D eigenvalue weighted by Gasteiger charge is -2.11. The summed E-state index contributed by atoms with van der Waals surface area (Å²) in [5.74, 6) is -0.941. The van der Waals surface area contributed by atoms with Gasteiger partial charge in [-0.05, 0) is 24.6 Å². The number of carbonyl (C=O) groups excluding carboxylic acids is 1. The van der Waals surface area contributed by atoms with Crippen LogP contribution in [0.15, 0.2) is 24.3 Å². The Morgan fingerprint density at radius 3 is 2.71 bits per heavy atom. The zero-order valence-corrected chi connectivity index (χ0v) is 12.8. The molecule has 1 aromatic carbocycles. The number of nitrogens with zero attached hydrogens (tertiary/aromatic N) is 1. The minimum atomic E-state index is -1.31. The minimum Gasteiger partial charge on any atom is -0.378 e. The van der Waals surface area contributed by atoms with E-state index >= 15 is 0 Å².